The van der Waals surface area contributed by atoms with Crippen molar-refractivity contribution in [2.75, 3.05) is 0 Å². The first-order valence-electron chi connectivity index (χ1n) is 4.58. The van der Waals surface area contributed by atoms with E-state index in [2.05, 4.69) is 32.9 Å². The summed E-state index contributed by atoms with van der Waals surface area (Å²) in [5, 5.41) is 0. The van der Waals surface area contributed by atoms with Crippen LogP contribution in [0.5, 0.6) is 0 Å². The second-order valence-corrected chi connectivity index (χ2v) is 4.18. The summed E-state index contributed by atoms with van der Waals surface area (Å²) in [6.07, 6.45) is 6.07. The summed E-state index contributed by atoms with van der Waals surface area (Å²) in [4.78, 5) is 0. The van der Waals surface area contributed by atoms with E-state index >= 15 is 0 Å². The van der Waals surface area contributed by atoms with Gasteiger partial charge < -0.3 is 0 Å². The van der Waals surface area contributed by atoms with Crippen molar-refractivity contribution < 1.29 is 0 Å². The fourth-order valence-electron chi connectivity index (χ4n) is 2.16. The first kappa shape index (κ1) is 7.15. The molecule has 0 heteroatoms. The lowest BCUT2D eigenvalue weighted by molar-refractivity contribution is 0.677. The van der Waals surface area contributed by atoms with E-state index in [4.69, 9.17) is 0 Å². The molecule has 0 spiro atoms. The molecule has 0 aromatic carbocycles. The lowest BCUT2D eigenvalue weighted by atomic mass is 9.92. The zero-order valence-corrected chi connectivity index (χ0v) is 7.59. The van der Waals surface area contributed by atoms with E-state index in [-0.39, 0.29) is 0 Å². The molecule has 0 aliphatic heterocycles. The van der Waals surface area contributed by atoms with Crippen LogP contribution in [-0.4, -0.2) is 0 Å². The lowest BCUT2D eigenvalue weighted by Crippen LogP contribution is -2.01. The fourth-order valence-corrected chi connectivity index (χ4v) is 2.16. The number of hydrogen-bond donors (Lipinski definition) is 0. The molecule has 2 aliphatic rings. The largest absolute Gasteiger partial charge is 0.0696 e. The van der Waals surface area contributed by atoms with Gasteiger partial charge in [-0.2, -0.15) is 0 Å². The van der Waals surface area contributed by atoms with Gasteiger partial charge >= 0.3 is 0 Å². The van der Waals surface area contributed by atoms with Crippen molar-refractivity contribution in [2.45, 2.75) is 27.2 Å². The molecule has 11 heavy (non-hydrogen) atoms. The number of fused-ring (bicyclic) bond motifs is 1. The maximum Gasteiger partial charge on any atom is -0.0126 e. The van der Waals surface area contributed by atoms with Crippen molar-refractivity contribution in [1.82, 2.24) is 0 Å². The molecule has 2 aliphatic carbocycles. The molecule has 0 saturated heterocycles. The first-order valence-corrected chi connectivity index (χ1v) is 4.58. The molecule has 2 unspecified atom stereocenters. The van der Waals surface area contributed by atoms with Gasteiger partial charge in [0.1, 0.15) is 0 Å². The summed E-state index contributed by atoms with van der Waals surface area (Å²) in [7, 11) is 0. The van der Waals surface area contributed by atoms with Crippen LogP contribution in [0.3, 0.4) is 0 Å². The molecule has 0 nitrogen and oxygen atoms in total. The van der Waals surface area contributed by atoms with Crippen molar-refractivity contribution >= 4 is 0 Å². The minimum absolute atomic E-state index is 0.759. The van der Waals surface area contributed by atoms with E-state index < -0.39 is 0 Å². The van der Waals surface area contributed by atoms with Crippen molar-refractivity contribution in [3.05, 3.63) is 23.3 Å². The van der Waals surface area contributed by atoms with Crippen LogP contribution in [0, 0.1) is 17.8 Å². The summed E-state index contributed by atoms with van der Waals surface area (Å²) < 4.78 is 0. The van der Waals surface area contributed by atoms with E-state index in [1.54, 1.807) is 11.1 Å². The normalized spacial score (nSPS) is 34.5. The average Bonchev–Trinajstić information content (AvgIpc) is 2.66. The summed E-state index contributed by atoms with van der Waals surface area (Å²) >= 11 is 0. The molecule has 0 aromatic heterocycles. The summed E-state index contributed by atoms with van der Waals surface area (Å²) in [6, 6.07) is 0. The second kappa shape index (κ2) is 2.23. The topological polar surface area (TPSA) is 0 Å². The van der Waals surface area contributed by atoms with Crippen LogP contribution in [-0.2, 0) is 0 Å². The van der Waals surface area contributed by atoms with Crippen LogP contribution in [0.2, 0.25) is 0 Å². The maximum absolute atomic E-state index is 2.34. The fraction of sp³-hybridized carbons (Fsp3) is 0.636. The summed E-state index contributed by atoms with van der Waals surface area (Å²) in [6.45, 7) is 6.86. The number of rotatable bonds is 1. The van der Waals surface area contributed by atoms with E-state index in [1.165, 1.54) is 6.42 Å². The van der Waals surface area contributed by atoms with Crippen LogP contribution in [0.15, 0.2) is 23.3 Å². The Balaban J connectivity index is 2.24. The molecule has 0 bridgehead atoms. The Bertz CT molecular complexity index is 230. The monoisotopic (exact) mass is 148 g/mol. The van der Waals surface area contributed by atoms with Gasteiger partial charge in [0.15, 0.2) is 0 Å². The molecule has 1 saturated carbocycles. The van der Waals surface area contributed by atoms with Gasteiger partial charge in [-0.05, 0) is 31.1 Å². The van der Waals surface area contributed by atoms with Crippen LogP contribution in [0.4, 0.5) is 0 Å². The van der Waals surface area contributed by atoms with Crippen molar-refractivity contribution in [2.24, 2.45) is 17.8 Å². The maximum atomic E-state index is 2.34. The molecule has 0 aromatic rings. The van der Waals surface area contributed by atoms with Crippen LogP contribution < -0.4 is 0 Å². The highest BCUT2D eigenvalue weighted by Gasteiger charge is 2.42. The molecule has 2 atom stereocenters. The van der Waals surface area contributed by atoms with Crippen LogP contribution >= 0.6 is 0 Å². The highest BCUT2D eigenvalue weighted by atomic mass is 14.5. The lowest BCUT2D eigenvalue weighted by Gasteiger charge is -2.14. The average molecular weight is 148 g/mol. The zero-order valence-electron chi connectivity index (χ0n) is 7.59. The molecule has 0 heterocycles. The minimum Gasteiger partial charge on any atom is -0.0696 e. The molecule has 2 rings (SSSR count). The van der Waals surface area contributed by atoms with Gasteiger partial charge in [0, 0.05) is 0 Å². The molecule has 1 fully saturated rings. The molecule has 60 valence electrons. The summed E-state index contributed by atoms with van der Waals surface area (Å²) in [5.74, 6) is 2.62. The van der Waals surface area contributed by atoms with Gasteiger partial charge in [-0.25, -0.2) is 0 Å². The number of allylic oxidation sites excluding steroid dienone is 4. The predicted octanol–water partition coefficient (Wildman–Crippen LogP) is 3.16. The van der Waals surface area contributed by atoms with E-state index in [0.717, 1.165) is 17.8 Å². The van der Waals surface area contributed by atoms with Gasteiger partial charge in [-0.15, -0.1) is 0 Å². The summed E-state index contributed by atoms with van der Waals surface area (Å²) in [5.41, 5.74) is 3.28. The standard InChI is InChI=1S/C11H16/c1-7(2)9-5-4-8(3)10-6-11(9)10/h4-5,7,10-11H,6H2,1-3H3. The van der Waals surface area contributed by atoms with Crippen molar-refractivity contribution in [1.29, 1.82) is 0 Å². The van der Waals surface area contributed by atoms with Crippen LogP contribution in [0.25, 0.3) is 0 Å². The SMILES string of the molecule is CC1=CC=C(C(C)C)C2CC12. The third-order valence-corrected chi connectivity index (χ3v) is 3.01. The van der Waals surface area contributed by atoms with E-state index in [0.29, 0.717) is 0 Å². The second-order valence-electron chi connectivity index (χ2n) is 4.18. The first-order chi connectivity index (χ1) is 5.20. The Hall–Kier alpha value is -0.520. The highest BCUT2D eigenvalue weighted by Crippen LogP contribution is 2.52. The van der Waals surface area contributed by atoms with Crippen molar-refractivity contribution in [3.63, 3.8) is 0 Å². The third kappa shape index (κ3) is 1.05. The highest BCUT2D eigenvalue weighted by molar-refractivity contribution is 5.35. The number of hydrogen-bond acceptors (Lipinski definition) is 0. The van der Waals surface area contributed by atoms with Gasteiger partial charge in [-0.1, -0.05) is 37.1 Å². The van der Waals surface area contributed by atoms with E-state index in [1.807, 2.05) is 0 Å². The smallest absolute Gasteiger partial charge is 0.0126 e. The minimum atomic E-state index is 0.759. The molecular formula is C11H16. The Morgan fingerprint density at radius 1 is 1.27 bits per heavy atom. The predicted molar refractivity (Wildman–Crippen MR) is 48.3 cm³/mol. The van der Waals surface area contributed by atoms with Crippen molar-refractivity contribution in [3.8, 4) is 0 Å². The van der Waals surface area contributed by atoms with Crippen LogP contribution in [0.1, 0.15) is 27.2 Å². The van der Waals surface area contributed by atoms with Gasteiger partial charge in [0.05, 0.1) is 0 Å². The van der Waals surface area contributed by atoms with E-state index in [9.17, 15) is 0 Å². The molecule has 0 N–H and O–H groups in total. The molecule has 0 radical (unpaired) electrons. The Kier molecular flexibility index (Phi) is 1.45. The van der Waals surface area contributed by atoms with Gasteiger partial charge in [-0.3, -0.25) is 0 Å². The zero-order chi connectivity index (χ0) is 8.01. The quantitative estimate of drug-likeness (QED) is 0.536. The van der Waals surface area contributed by atoms with Gasteiger partial charge in [0.25, 0.3) is 0 Å². The Labute approximate surface area is 69.0 Å². The molecule has 0 amide bonds. The third-order valence-electron chi connectivity index (χ3n) is 3.01. The van der Waals surface area contributed by atoms with Gasteiger partial charge in [0.2, 0.25) is 0 Å². The Morgan fingerprint density at radius 3 is 2.64 bits per heavy atom. The Morgan fingerprint density at radius 2 is 2.00 bits per heavy atom. The molecular weight excluding hydrogens is 132 g/mol.